The SMILES string of the molecule is CC(C)(C)C1=C([Si](C)(C)C2=C(C(C)(C)C)C=CC2)CC=C1. The van der Waals surface area contributed by atoms with Gasteiger partial charge in [0.05, 0.1) is 0 Å². The second-order valence-electron chi connectivity index (χ2n) is 9.12. The van der Waals surface area contributed by atoms with E-state index < -0.39 is 8.07 Å². The van der Waals surface area contributed by atoms with E-state index in [1.807, 2.05) is 0 Å². The molecule has 0 saturated carbocycles. The predicted octanol–water partition coefficient (Wildman–Crippen LogP) is 6.38. The highest BCUT2D eigenvalue weighted by Crippen LogP contribution is 2.45. The van der Waals surface area contributed by atoms with Gasteiger partial charge in [0.25, 0.3) is 0 Å². The molecule has 2 aliphatic rings. The Hall–Kier alpha value is -0.823. The summed E-state index contributed by atoms with van der Waals surface area (Å²) in [5.74, 6) is 0. The van der Waals surface area contributed by atoms with Crippen molar-refractivity contribution in [3.05, 3.63) is 45.8 Å². The predicted molar refractivity (Wildman–Crippen MR) is 98.0 cm³/mol. The Morgan fingerprint density at radius 2 is 1.05 bits per heavy atom. The second-order valence-corrected chi connectivity index (χ2v) is 13.6. The van der Waals surface area contributed by atoms with Crippen molar-refractivity contribution < 1.29 is 0 Å². The fraction of sp³-hybridized carbons (Fsp3) is 0.600. The van der Waals surface area contributed by atoms with E-state index >= 15 is 0 Å². The van der Waals surface area contributed by atoms with E-state index in [-0.39, 0.29) is 10.8 Å². The summed E-state index contributed by atoms with van der Waals surface area (Å²) in [6.07, 6.45) is 11.9. The van der Waals surface area contributed by atoms with E-state index in [0.717, 1.165) is 0 Å². The van der Waals surface area contributed by atoms with Crippen molar-refractivity contribution in [3.63, 3.8) is 0 Å². The molecule has 116 valence electrons. The van der Waals surface area contributed by atoms with Crippen LogP contribution in [0.2, 0.25) is 13.1 Å². The fourth-order valence-electron chi connectivity index (χ4n) is 3.78. The minimum Gasteiger partial charge on any atom is -0.0805 e. The van der Waals surface area contributed by atoms with Crippen molar-refractivity contribution in [2.75, 3.05) is 0 Å². The first-order chi connectivity index (χ1) is 9.45. The molecule has 0 heterocycles. The van der Waals surface area contributed by atoms with E-state index in [1.165, 1.54) is 12.8 Å². The summed E-state index contributed by atoms with van der Waals surface area (Å²) in [6, 6.07) is 0. The molecular weight excluding hydrogens is 268 g/mol. The minimum absolute atomic E-state index is 0.265. The van der Waals surface area contributed by atoms with Gasteiger partial charge in [0, 0.05) is 0 Å². The number of hydrogen-bond donors (Lipinski definition) is 0. The van der Waals surface area contributed by atoms with E-state index in [1.54, 1.807) is 21.5 Å². The molecule has 0 spiro atoms. The lowest BCUT2D eigenvalue weighted by Crippen LogP contribution is -2.35. The molecule has 0 nitrogen and oxygen atoms in total. The minimum atomic E-state index is -1.55. The molecule has 21 heavy (non-hydrogen) atoms. The molecule has 0 aromatic carbocycles. The molecular formula is C20H32Si. The molecule has 0 bridgehead atoms. The van der Waals surface area contributed by atoms with Crippen molar-refractivity contribution in [2.45, 2.75) is 67.5 Å². The lowest BCUT2D eigenvalue weighted by Gasteiger charge is -2.35. The van der Waals surface area contributed by atoms with Gasteiger partial charge in [0.1, 0.15) is 8.07 Å². The Morgan fingerprint density at radius 3 is 1.33 bits per heavy atom. The Labute approximate surface area is 132 Å². The van der Waals surface area contributed by atoms with Crippen molar-refractivity contribution in [1.29, 1.82) is 0 Å². The fourth-order valence-corrected chi connectivity index (χ4v) is 7.67. The zero-order valence-corrected chi connectivity index (χ0v) is 16.2. The average Bonchev–Trinajstić information content (AvgIpc) is 2.97. The Kier molecular flexibility index (Phi) is 4.03. The van der Waals surface area contributed by atoms with Gasteiger partial charge in [0.2, 0.25) is 0 Å². The molecule has 2 rings (SSSR count). The van der Waals surface area contributed by atoms with Crippen LogP contribution < -0.4 is 0 Å². The molecule has 0 fully saturated rings. The van der Waals surface area contributed by atoms with Crippen LogP contribution in [0.25, 0.3) is 0 Å². The molecule has 0 saturated heterocycles. The van der Waals surface area contributed by atoms with Gasteiger partial charge in [-0.1, -0.05) is 89.3 Å². The molecule has 0 N–H and O–H groups in total. The summed E-state index contributed by atoms with van der Waals surface area (Å²) < 4.78 is 0. The van der Waals surface area contributed by atoms with Gasteiger partial charge in [-0.25, -0.2) is 0 Å². The quantitative estimate of drug-likeness (QED) is 0.519. The second kappa shape index (κ2) is 5.12. The monoisotopic (exact) mass is 300 g/mol. The summed E-state index contributed by atoms with van der Waals surface area (Å²) >= 11 is 0. The van der Waals surface area contributed by atoms with Gasteiger partial charge in [-0.3, -0.25) is 0 Å². The van der Waals surface area contributed by atoms with Crippen molar-refractivity contribution in [2.24, 2.45) is 10.8 Å². The lowest BCUT2D eigenvalue weighted by molar-refractivity contribution is 0.514. The van der Waals surface area contributed by atoms with Crippen LogP contribution in [-0.2, 0) is 0 Å². The maximum Gasteiger partial charge on any atom is 0.104 e. The van der Waals surface area contributed by atoms with Gasteiger partial charge < -0.3 is 0 Å². The first-order valence-electron chi connectivity index (χ1n) is 8.27. The number of rotatable bonds is 2. The number of hydrogen-bond acceptors (Lipinski definition) is 0. The van der Waals surface area contributed by atoms with Gasteiger partial charge in [-0.05, 0) is 34.8 Å². The summed E-state index contributed by atoms with van der Waals surface area (Å²) in [5.41, 5.74) is 3.74. The van der Waals surface area contributed by atoms with E-state index in [9.17, 15) is 0 Å². The molecule has 0 aromatic heterocycles. The van der Waals surface area contributed by atoms with Crippen LogP contribution in [0, 0.1) is 10.8 Å². The van der Waals surface area contributed by atoms with Crippen LogP contribution in [-0.4, -0.2) is 8.07 Å². The maximum absolute atomic E-state index is 2.56. The molecule has 0 radical (unpaired) electrons. The van der Waals surface area contributed by atoms with Crippen molar-refractivity contribution in [1.82, 2.24) is 0 Å². The zero-order chi connectivity index (χ0) is 16.1. The average molecular weight is 301 g/mol. The third-order valence-electron chi connectivity index (χ3n) is 4.99. The normalized spacial score (nSPS) is 20.2. The van der Waals surface area contributed by atoms with Crippen LogP contribution in [0.3, 0.4) is 0 Å². The van der Waals surface area contributed by atoms with Crippen LogP contribution in [0.5, 0.6) is 0 Å². The maximum atomic E-state index is 2.56. The molecule has 0 amide bonds. The van der Waals surface area contributed by atoms with Gasteiger partial charge >= 0.3 is 0 Å². The standard InChI is InChI=1S/C20H32Si/c1-19(2,3)15-11-9-13-17(15)21(7,8)18-14-10-12-16(18)20(4,5)6/h9-12H,13-14H2,1-8H3. The third-order valence-corrected chi connectivity index (χ3v) is 8.95. The molecule has 0 unspecified atom stereocenters. The van der Waals surface area contributed by atoms with Crippen molar-refractivity contribution in [3.8, 4) is 0 Å². The summed E-state index contributed by atoms with van der Waals surface area (Å²) in [6.45, 7) is 19.3. The Balaban J connectivity index is 2.54. The smallest absolute Gasteiger partial charge is 0.0805 e. The van der Waals surface area contributed by atoms with E-state index in [0.29, 0.717) is 0 Å². The van der Waals surface area contributed by atoms with Crippen LogP contribution in [0.1, 0.15) is 54.4 Å². The Bertz CT molecular complexity index is 502. The topological polar surface area (TPSA) is 0 Å². The Morgan fingerprint density at radius 1 is 0.714 bits per heavy atom. The lowest BCUT2D eigenvalue weighted by atomic mass is 9.87. The summed E-state index contributed by atoms with van der Waals surface area (Å²) in [4.78, 5) is 0. The highest BCUT2D eigenvalue weighted by molar-refractivity contribution is 6.91. The van der Waals surface area contributed by atoms with Gasteiger partial charge in [0.15, 0.2) is 0 Å². The molecule has 2 aliphatic carbocycles. The number of allylic oxidation sites excluding steroid dienone is 8. The highest BCUT2D eigenvalue weighted by Gasteiger charge is 2.39. The van der Waals surface area contributed by atoms with Crippen molar-refractivity contribution >= 4 is 8.07 Å². The van der Waals surface area contributed by atoms with Crippen LogP contribution in [0.15, 0.2) is 45.8 Å². The molecule has 1 heteroatoms. The largest absolute Gasteiger partial charge is 0.104 e. The molecule has 0 aromatic rings. The van der Waals surface area contributed by atoms with Crippen LogP contribution >= 0.6 is 0 Å². The molecule has 0 atom stereocenters. The highest BCUT2D eigenvalue weighted by atomic mass is 28.3. The third kappa shape index (κ3) is 3.04. The first kappa shape index (κ1) is 16.5. The van der Waals surface area contributed by atoms with Gasteiger partial charge in [-0.15, -0.1) is 0 Å². The summed E-state index contributed by atoms with van der Waals surface area (Å²) in [5, 5.41) is 3.52. The van der Waals surface area contributed by atoms with Gasteiger partial charge in [-0.2, -0.15) is 0 Å². The zero-order valence-electron chi connectivity index (χ0n) is 15.2. The summed E-state index contributed by atoms with van der Waals surface area (Å²) in [7, 11) is -1.55. The van der Waals surface area contributed by atoms with Crippen LogP contribution in [0.4, 0.5) is 0 Å². The molecule has 0 aliphatic heterocycles. The first-order valence-corrected chi connectivity index (χ1v) is 11.3. The van der Waals surface area contributed by atoms with E-state index in [4.69, 9.17) is 0 Å². The van der Waals surface area contributed by atoms with E-state index in [2.05, 4.69) is 78.9 Å².